The van der Waals surface area contributed by atoms with Crippen molar-refractivity contribution in [2.45, 2.75) is 19.4 Å². The zero-order valence-electron chi connectivity index (χ0n) is 10.3. The number of para-hydroxylation sites is 1. The molecule has 0 atom stereocenters. The van der Waals surface area contributed by atoms with E-state index >= 15 is 0 Å². The van der Waals surface area contributed by atoms with Gasteiger partial charge in [-0.2, -0.15) is 0 Å². The first-order valence-electron chi connectivity index (χ1n) is 5.49. The van der Waals surface area contributed by atoms with Crippen molar-refractivity contribution in [3.05, 3.63) is 24.3 Å². The highest BCUT2D eigenvalue weighted by Gasteiger charge is 2.17. The first-order chi connectivity index (χ1) is 7.96. The lowest BCUT2D eigenvalue weighted by molar-refractivity contribution is 0.0882. The number of rotatable bonds is 3. The largest absolute Gasteiger partial charge is 0.389 e. The molecule has 5 heteroatoms. The van der Waals surface area contributed by atoms with Gasteiger partial charge in [-0.3, -0.25) is 0 Å². The summed E-state index contributed by atoms with van der Waals surface area (Å²) in [6, 6.07) is 7.58. The third kappa shape index (κ3) is 2.88. The van der Waals surface area contributed by atoms with Gasteiger partial charge in [-0.15, -0.1) is 10.2 Å². The van der Waals surface area contributed by atoms with E-state index in [1.165, 1.54) is 0 Å². The summed E-state index contributed by atoms with van der Waals surface area (Å²) in [7, 11) is 1.84. The number of fused-ring (bicyclic) bond motifs is 1. The molecule has 1 aromatic carbocycles. The quantitative estimate of drug-likeness (QED) is 0.862. The molecule has 1 heterocycles. The SMILES string of the molecule is CN(CC(C)(C)O)c1nnc2ccccc2n1. The highest BCUT2D eigenvalue weighted by atomic mass is 16.3. The van der Waals surface area contributed by atoms with Gasteiger partial charge < -0.3 is 10.0 Å². The van der Waals surface area contributed by atoms with Crippen molar-refractivity contribution in [1.82, 2.24) is 15.2 Å². The van der Waals surface area contributed by atoms with Gasteiger partial charge in [-0.1, -0.05) is 12.1 Å². The van der Waals surface area contributed by atoms with Crippen LogP contribution in [0, 0.1) is 0 Å². The molecule has 2 aromatic rings. The van der Waals surface area contributed by atoms with Crippen molar-refractivity contribution in [3.8, 4) is 0 Å². The summed E-state index contributed by atoms with van der Waals surface area (Å²) in [6.45, 7) is 3.95. The van der Waals surface area contributed by atoms with Crippen LogP contribution in [-0.4, -0.2) is 39.5 Å². The van der Waals surface area contributed by atoms with E-state index in [0.717, 1.165) is 11.0 Å². The van der Waals surface area contributed by atoms with Crippen LogP contribution >= 0.6 is 0 Å². The molecule has 0 aliphatic heterocycles. The zero-order chi connectivity index (χ0) is 12.5. The van der Waals surface area contributed by atoms with Crippen LogP contribution < -0.4 is 4.90 Å². The summed E-state index contributed by atoms with van der Waals surface area (Å²) >= 11 is 0. The number of nitrogens with zero attached hydrogens (tertiary/aromatic N) is 4. The Morgan fingerprint density at radius 2 is 1.82 bits per heavy atom. The molecule has 1 aromatic heterocycles. The van der Waals surface area contributed by atoms with E-state index in [0.29, 0.717) is 12.5 Å². The van der Waals surface area contributed by atoms with Crippen molar-refractivity contribution < 1.29 is 5.11 Å². The highest BCUT2D eigenvalue weighted by molar-refractivity contribution is 5.74. The second kappa shape index (κ2) is 4.25. The van der Waals surface area contributed by atoms with Crippen LogP contribution in [0.4, 0.5) is 5.95 Å². The number of likely N-dealkylation sites (N-methyl/N-ethyl adjacent to an activating group) is 1. The molecule has 0 saturated carbocycles. The molecule has 0 fully saturated rings. The molecule has 0 aliphatic rings. The predicted molar refractivity (Wildman–Crippen MR) is 66.9 cm³/mol. The monoisotopic (exact) mass is 232 g/mol. The summed E-state index contributed by atoms with van der Waals surface area (Å²) in [5.74, 6) is 0.519. The Bertz CT molecular complexity index is 521. The standard InChI is InChI=1S/C12H16N4O/c1-12(2,17)8-16(3)11-13-9-6-4-5-7-10(9)14-15-11/h4-7,17H,8H2,1-3H3. The number of hydrogen-bond acceptors (Lipinski definition) is 5. The molecule has 90 valence electrons. The smallest absolute Gasteiger partial charge is 0.245 e. The summed E-state index contributed by atoms with van der Waals surface area (Å²) in [4.78, 5) is 6.19. The molecular formula is C12H16N4O. The topological polar surface area (TPSA) is 62.1 Å². The fourth-order valence-electron chi connectivity index (χ4n) is 1.68. The summed E-state index contributed by atoms with van der Waals surface area (Å²) < 4.78 is 0. The van der Waals surface area contributed by atoms with Crippen molar-refractivity contribution in [3.63, 3.8) is 0 Å². The molecule has 1 N–H and O–H groups in total. The van der Waals surface area contributed by atoms with Gasteiger partial charge in [0.25, 0.3) is 0 Å². The lowest BCUT2D eigenvalue weighted by atomic mass is 10.1. The normalized spacial score (nSPS) is 11.8. The van der Waals surface area contributed by atoms with E-state index in [4.69, 9.17) is 0 Å². The van der Waals surface area contributed by atoms with Gasteiger partial charge in [-0.05, 0) is 26.0 Å². The zero-order valence-corrected chi connectivity index (χ0v) is 10.3. The summed E-state index contributed by atoms with van der Waals surface area (Å²) in [5.41, 5.74) is 0.789. The second-order valence-electron chi connectivity index (χ2n) is 4.77. The summed E-state index contributed by atoms with van der Waals surface area (Å²) in [5, 5.41) is 17.9. The van der Waals surface area contributed by atoms with Crippen molar-refractivity contribution in [2.24, 2.45) is 0 Å². The molecular weight excluding hydrogens is 216 g/mol. The Morgan fingerprint density at radius 1 is 1.18 bits per heavy atom. The van der Waals surface area contributed by atoms with Crippen molar-refractivity contribution in [2.75, 3.05) is 18.5 Å². The number of anilines is 1. The Labute approximate surface area is 100 Å². The number of aliphatic hydroxyl groups is 1. The van der Waals surface area contributed by atoms with E-state index in [1.54, 1.807) is 18.7 Å². The second-order valence-corrected chi connectivity index (χ2v) is 4.77. The van der Waals surface area contributed by atoms with Gasteiger partial charge in [-0.25, -0.2) is 4.98 Å². The lowest BCUT2D eigenvalue weighted by Gasteiger charge is -2.25. The molecule has 0 saturated heterocycles. The Kier molecular flexibility index (Phi) is 2.93. The Balaban J connectivity index is 2.30. The molecule has 2 rings (SSSR count). The Morgan fingerprint density at radius 3 is 2.47 bits per heavy atom. The minimum absolute atomic E-state index is 0.451. The van der Waals surface area contributed by atoms with Crippen LogP contribution in [0.2, 0.25) is 0 Å². The molecule has 0 aliphatic carbocycles. The van der Waals surface area contributed by atoms with Crippen molar-refractivity contribution in [1.29, 1.82) is 0 Å². The van der Waals surface area contributed by atoms with Crippen LogP contribution in [-0.2, 0) is 0 Å². The highest BCUT2D eigenvalue weighted by Crippen LogP contribution is 2.13. The van der Waals surface area contributed by atoms with Gasteiger partial charge in [0, 0.05) is 13.6 Å². The van der Waals surface area contributed by atoms with Gasteiger partial charge in [0.2, 0.25) is 5.95 Å². The minimum Gasteiger partial charge on any atom is -0.389 e. The number of hydrogen-bond donors (Lipinski definition) is 1. The number of aromatic nitrogens is 3. The van der Waals surface area contributed by atoms with E-state index < -0.39 is 5.60 Å². The molecule has 0 unspecified atom stereocenters. The predicted octanol–water partition coefficient (Wildman–Crippen LogP) is 1.23. The van der Waals surface area contributed by atoms with Crippen LogP contribution in [0.5, 0.6) is 0 Å². The fraction of sp³-hybridized carbons (Fsp3) is 0.417. The van der Waals surface area contributed by atoms with Gasteiger partial charge in [0.1, 0.15) is 5.52 Å². The third-order valence-corrected chi connectivity index (χ3v) is 2.31. The summed E-state index contributed by atoms with van der Waals surface area (Å²) in [6.07, 6.45) is 0. The maximum absolute atomic E-state index is 9.75. The molecule has 0 bridgehead atoms. The maximum Gasteiger partial charge on any atom is 0.245 e. The van der Waals surface area contributed by atoms with E-state index in [-0.39, 0.29) is 0 Å². The van der Waals surface area contributed by atoms with Crippen LogP contribution in [0.25, 0.3) is 11.0 Å². The molecule has 5 nitrogen and oxygen atoms in total. The third-order valence-electron chi connectivity index (χ3n) is 2.31. The fourth-order valence-corrected chi connectivity index (χ4v) is 1.68. The van der Waals surface area contributed by atoms with E-state index in [1.807, 2.05) is 31.3 Å². The van der Waals surface area contributed by atoms with E-state index in [2.05, 4.69) is 15.2 Å². The lowest BCUT2D eigenvalue weighted by Crippen LogP contribution is -2.37. The number of benzene rings is 1. The van der Waals surface area contributed by atoms with Crippen LogP contribution in [0.15, 0.2) is 24.3 Å². The van der Waals surface area contributed by atoms with Gasteiger partial charge in [0.05, 0.1) is 11.1 Å². The van der Waals surface area contributed by atoms with Crippen LogP contribution in [0.1, 0.15) is 13.8 Å². The Hall–Kier alpha value is -1.75. The molecule has 0 spiro atoms. The van der Waals surface area contributed by atoms with Crippen molar-refractivity contribution >= 4 is 17.0 Å². The minimum atomic E-state index is -0.788. The molecule has 0 amide bonds. The van der Waals surface area contributed by atoms with Gasteiger partial charge >= 0.3 is 0 Å². The first-order valence-corrected chi connectivity index (χ1v) is 5.49. The molecule has 17 heavy (non-hydrogen) atoms. The first kappa shape index (κ1) is 11.7. The van der Waals surface area contributed by atoms with Gasteiger partial charge in [0.15, 0.2) is 0 Å². The molecule has 0 radical (unpaired) electrons. The maximum atomic E-state index is 9.75. The average Bonchev–Trinajstić information content (AvgIpc) is 2.26. The van der Waals surface area contributed by atoms with E-state index in [9.17, 15) is 5.11 Å². The van der Waals surface area contributed by atoms with Crippen LogP contribution in [0.3, 0.4) is 0 Å². The average molecular weight is 232 g/mol.